The van der Waals surface area contributed by atoms with Crippen LogP contribution in [0.2, 0.25) is 0 Å². The van der Waals surface area contributed by atoms with Crippen LogP contribution in [0.3, 0.4) is 0 Å². The van der Waals surface area contributed by atoms with Crippen LogP contribution in [0.1, 0.15) is 43.5 Å². The van der Waals surface area contributed by atoms with Gasteiger partial charge < -0.3 is 5.32 Å². The monoisotopic (exact) mass is 211 g/mol. The molecule has 0 aliphatic heterocycles. The van der Waals surface area contributed by atoms with Gasteiger partial charge in [0, 0.05) is 22.3 Å². The molecule has 1 unspecified atom stereocenters. The Bertz CT molecular complexity index is 283. The molecule has 0 aliphatic carbocycles. The van der Waals surface area contributed by atoms with Crippen molar-refractivity contribution < 1.29 is 0 Å². The first-order valence-electron chi connectivity index (χ1n) is 5.18. The van der Waals surface area contributed by atoms with Crippen molar-refractivity contribution in [3.05, 3.63) is 21.9 Å². The Labute approximate surface area is 91.5 Å². The molecule has 0 radical (unpaired) electrons. The second-order valence-corrected chi connectivity index (χ2v) is 6.43. The van der Waals surface area contributed by atoms with Crippen molar-refractivity contribution in [1.29, 1.82) is 0 Å². The topological polar surface area (TPSA) is 12.0 Å². The van der Waals surface area contributed by atoms with E-state index in [1.807, 2.05) is 11.3 Å². The quantitative estimate of drug-likeness (QED) is 0.803. The molecule has 1 aromatic heterocycles. The number of hydrogen-bond acceptors (Lipinski definition) is 2. The Morgan fingerprint density at radius 2 is 2.00 bits per heavy atom. The second kappa shape index (κ2) is 4.45. The predicted octanol–water partition coefficient (Wildman–Crippen LogP) is 3.75. The fraction of sp³-hybridized carbons (Fsp3) is 0.667. The summed E-state index contributed by atoms with van der Waals surface area (Å²) >= 11 is 1.88. The Morgan fingerprint density at radius 3 is 2.43 bits per heavy atom. The summed E-state index contributed by atoms with van der Waals surface area (Å²) in [5, 5.41) is 3.56. The van der Waals surface area contributed by atoms with Gasteiger partial charge >= 0.3 is 0 Å². The summed E-state index contributed by atoms with van der Waals surface area (Å²) in [6, 6.07) is 4.89. The van der Waals surface area contributed by atoms with Crippen molar-refractivity contribution in [3.8, 4) is 0 Å². The second-order valence-electron chi connectivity index (χ2n) is 5.11. The molecule has 1 atom stereocenters. The van der Waals surface area contributed by atoms with Crippen LogP contribution in [0.25, 0.3) is 0 Å². The van der Waals surface area contributed by atoms with Crippen molar-refractivity contribution in [2.75, 3.05) is 6.54 Å². The van der Waals surface area contributed by atoms with Crippen LogP contribution in [0.5, 0.6) is 0 Å². The molecule has 0 saturated heterocycles. The molecule has 14 heavy (non-hydrogen) atoms. The first-order chi connectivity index (χ1) is 6.38. The van der Waals surface area contributed by atoms with E-state index < -0.39 is 0 Å². The van der Waals surface area contributed by atoms with Crippen LogP contribution in [0, 0.1) is 12.3 Å². The summed E-state index contributed by atoms with van der Waals surface area (Å²) in [6.07, 6.45) is 0. The fourth-order valence-corrected chi connectivity index (χ4v) is 2.15. The van der Waals surface area contributed by atoms with Crippen LogP contribution >= 0.6 is 11.3 Å². The van der Waals surface area contributed by atoms with Gasteiger partial charge in [-0.1, -0.05) is 20.8 Å². The van der Waals surface area contributed by atoms with Crippen molar-refractivity contribution in [2.45, 2.75) is 40.7 Å². The summed E-state index contributed by atoms with van der Waals surface area (Å²) in [6.45, 7) is 12.2. The average Bonchev–Trinajstić information content (AvgIpc) is 2.46. The lowest BCUT2D eigenvalue weighted by atomic mass is 9.96. The normalized spacial score (nSPS) is 14.4. The maximum absolute atomic E-state index is 3.56. The Kier molecular flexibility index (Phi) is 3.73. The number of aryl methyl sites for hydroxylation is 1. The van der Waals surface area contributed by atoms with Gasteiger partial charge in [-0.15, -0.1) is 11.3 Å². The largest absolute Gasteiger partial charge is 0.309 e. The molecule has 1 rings (SSSR count). The standard InChI is InChI=1S/C12H21NS/c1-9-6-7-11(14-9)10(2)13-8-12(3,4)5/h6-7,10,13H,8H2,1-5H3. The lowest BCUT2D eigenvalue weighted by Crippen LogP contribution is -2.28. The molecular formula is C12H21NS. The molecule has 80 valence electrons. The number of nitrogens with one attached hydrogen (secondary N) is 1. The zero-order valence-electron chi connectivity index (χ0n) is 9.85. The van der Waals surface area contributed by atoms with E-state index in [1.54, 1.807) is 0 Å². The summed E-state index contributed by atoms with van der Waals surface area (Å²) < 4.78 is 0. The summed E-state index contributed by atoms with van der Waals surface area (Å²) in [4.78, 5) is 2.83. The SMILES string of the molecule is Cc1ccc(C(C)NCC(C)(C)C)s1. The zero-order chi connectivity index (χ0) is 10.8. The van der Waals surface area contributed by atoms with Gasteiger partial charge in [-0.3, -0.25) is 0 Å². The van der Waals surface area contributed by atoms with E-state index in [-0.39, 0.29) is 0 Å². The van der Waals surface area contributed by atoms with Gasteiger partial charge in [-0.05, 0) is 31.4 Å². The van der Waals surface area contributed by atoms with Gasteiger partial charge in [0.15, 0.2) is 0 Å². The van der Waals surface area contributed by atoms with Gasteiger partial charge in [-0.2, -0.15) is 0 Å². The smallest absolute Gasteiger partial charge is 0.0386 e. The van der Waals surface area contributed by atoms with Gasteiger partial charge in [0.05, 0.1) is 0 Å². The third kappa shape index (κ3) is 3.81. The maximum atomic E-state index is 3.56. The molecule has 0 saturated carbocycles. The molecule has 2 heteroatoms. The fourth-order valence-electron chi connectivity index (χ4n) is 1.25. The summed E-state index contributed by atoms with van der Waals surface area (Å²) in [5.74, 6) is 0. The molecule has 0 aliphatic rings. The number of hydrogen-bond donors (Lipinski definition) is 1. The van der Waals surface area contributed by atoms with E-state index in [1.165, 1.54) is 9.75 Å². The van der Waals surface area contributed by atoms with E-state index in [9.17, 15) is 0 Å². The minimum absolute atomic E-state index is 0.362. The van der Waals surface area contributed by atoms with Crippen molar-refractivity contribution in [3.63, 3.8) is 0 Å². The molecule has 1 aromatic rings. The highest BCUT2D eigenvalue weighted by Crippen LogP contribution is 2.23. The number of thiophene rings is 1. The highest BCUT2D eigenvalue weighted by Gasteiger charge is 2.13. The lowest BCUT2D eigenvalue weighted by molar-refractivity contribution is 0.361. The van der Waals surface area contributed by atoms with E-state index in [0.717, 1.165) is 6.54 Å². The third-order valence-corrected chi connectivity index (χ3v) is 3.31. The first-order valence-corrected chi connectivity index (χ1v) is 6.00. The van der Waals surface area contributed by atoms with Gasteiger partial charge in [0.25, 0.3) is 0 Å². The van der Waals surface area contributed by atoms with Crippen LogP contribution in [0.4, 0.5) is 0 Å². The van der Waals surface area contributed by atoms with E-state index in [4.69, 9.17) is 0 Å². The molecule has 0 spiro atoms. The third-order valence-electron chi connectivity index (χ3n) is 2.13. The van der Waals surface area contributed by atoms with E-state index in [0.29, 0.717) is 11.5 Å². The maximum Gasteiger partial charge on any atom is 0.0386 e. The van der Waals surface area contributed by atoms with Crippen LogP contribution in [-0.4, -0.2) is 6.54 Å². The Balaban J connectivity index is 2.47. The Hall–Kier alpha value is -0.340. The van der Waals surface area contributed by atoms with Crippen LogP contribution in [-0.2, 0) is 0 Å². The Morgan fingerprint density at radius 1 is 1.36 bits per heavy atom. The minimum Gasteiger partial charge on any atom is -0.309 e. The van der Waals surface area contributed by atoms with Gasteiger partial charge in [-0.25, -0.2) is 0 Å². The highest BCUT2D eigenvalue weighted by molar-refractivity contribution is 7.12. The van der Waals surface area contributed by atoms with Crippen LogP contribution in [0.15, 0.2) is 12.1 Å². The average molecular weight is 211 g/mol. The summed E-state index contributed by atoms with van der Waals surface area (Å²) in [7, 11) is 0. The molecule has 0 bridgehead atoms. The van der Waals surface area contributed by atoms with Crippen molar-refractivity contribution >= 4 is 11.3 Å². The molecule has 1 heterocycles. The van der Waals surface area contributed by atoms with E-state index >= 15 is 0 Å². The van der Waals surface area contributed by atoms with Gasteiger partial charge in [0.1, 0.15) is 0 Å². The van der Waals surface area contributed by atoms with Crippen molar-refractivity contribution in [2.24, 2.45) is 5.41 Å². The molecule has 0 aromatic carbocycles. The summed E-state index contributed by atoms with van der Waals surface area (Å²) in [5.41, 5.74) is 0.362. The predicted molar refractivity (Wildman–Crippen MR) is 64.9 cm³/mol. The van der Waals surface area contributed by atoms with Gasteiger partial charge in [0.2, 0.25) is 0 Å². The minimum atomic E-state index is 0.362. The first kappa shape index (κ1) is 11.7. The zero-order valence-corrected chi connectivity index (χ0v) is 10.7. The molecule has 1 N–H and O–H groups in total. The highest BCUT2D eigenvalue weighted by atomic mass is 32.1. The molecule has 0 fully saturated rings. The lowest BCUT2D eigenvalue weighted by Gasteiger charge is -2.22. The molecule has 0 amide bonds. The van der Waals surface area contributed by atoms with Crippen molar-refractivity contribution in [1.82, 2.24) is 5.32 Å². The van der Waals surface area contributed by atoms with Crippen LogP contribution < -0.4 is 5.32 Å². The number of rotatable bonds is 3. The molecule has 1 nitrogen and oxygen atoms in total. The molecular weight excluding hydrogens is 190 g/mol. The van der Waals surface area contributed by atoms with E-state index in [2.05, 4.69) is 52.1 Å².